The first-order chi connectivity index (χ1) is 15.9. The Morgan fingerprint density at radius 2 is 1.97 bits per heavy atom. The highest BCUT2D eigenvalue weighted by Crippen LogP contribution is 2.19. The second-order valence-electron chi connectivity index (χ2n) is 7.87. The summed E-state index contributed by atoms with van der Waals surface area (Å²) in [6, 6.07) is 9.84. The Labute approximate surface area is 192 Å². The molecule has 3 rings (SSSR count). The number of rotatable bonds is 7. The van der Waals surface area contributed by atoms with Crippen LogP contribution in [0.4, 0.5) is 5.69 Å². The smallest absolute Gasteiger partial charge is 0.310 e. The molecule has 2 heterocycles. The zero-order valence-corrected chi connectivity index (χ0v) is 18.8. The number of carbonyl (C=O) groups excluding carboxylic acids is 4. The van der Waals surface area contributed by atoms with Crippen LogP contribution < -0.4 is 5.32 Å². The first-order valence-electron chi connectivity index (χ1n) is 10.9. The van der Waals surface area contributed by atoms with Crippen LogP contribution in [0.1, 0.15) is 40.5 Å². The van der Waals surface area contributed by atoms with Crippen LogP contribution in [0.5, 0.6) is 0 Å². The SMILES string of the molecule is CCOC(=O)C1CCCN(C(=O)CN(C)C(=O)c2cccc(NC(=O)c3cccnc3)c2)C1. The quantitative estimate of drug-likeness (QED) is 0.645. The average Bonchev–Trinajstić information content (AvgIpc) is 2.84. The van der Waals surface area contributed by atoms with Gasteiger partial charge in [-0.25, -0.2) is 0 Å². The summed E-state index contributed by atoms with van der Waals surface area (Å²) in [6.45, 7) is 2.80. The molecule has 1 fully saturated rings. The van der Waals surface area contributed by atoms with E-state index in [1.54, 1.807) is 61.5 Å². The molecule has 0 aliphatic carbocycles. The van der Waals surface area contributed by atoms with Crippen molar-refractivity contribution in [3.63, 3.8) is 0 Å². The van der Waals surface area contributed by atoms with Crippen molar-refractivity contribution < 1.29 is 23.9 Å². The molecule has 174 valence electrons. The Balaban J connectivity index is 1.59. The van der Waals surface area contributed by atoms with Gasteiger partial charge < -0.3 is 19.9 Å². The van der Waals surface area contributed by atoms with Crippen LogP contribution in [0, 0.1) is 5.92 Å². The predicted octanol–water partition coefficient (Wildman–Crippen LogP) is 2.21. The Morgan fingerprint density at radius 1 is 1.18 bits per heavy atom. The second-order valence-corrected chi connectivity index (χ2v) is 7.87. The van der Waals surface area contributed by atoms with Crippen LogP contribution in [0.2, 0.25) is 0 Å². The average molecular weight is 453 g/mol. The molecule has 1 N–H and O–H groups in total. The summed E-state index contributed by atoms with van der Waals surface area (Å²) in [5.41, 5.74) is 1.21. The minimum absolute atomic E-state index is 0.110. The van der Waals surface area contributed by atoms with Crippen LogP contribution >= 0.6 is 0 Å². The van der Waals surface area contributed by atoms with Crippen molar-refractivity contribution in [1.82, 2.24) is 14.8 Å². The zero-order chi connectivity index (χ0) is 23.8. The minimum atomic E-state index is -0.347. The number of nitrogens with one attached hydrogen (secondary N) is 1. The van der Waals surface area contributed by atoms with Crippen LogP contribution in [0.15, 0.2) is 48.8 Å². The van der Waals surface area contributed by atoms with Crippen LogP contribution in [0.25, 0.3) is 0 Å². The topological polar surface area (TPSA) is 109 Å². The number of anilines is 1. The molecule has 0 spiro atoms. The van der Waals surface area contributed by atoms with Gasteiger partial charge in [-0.05, 0) is 50.1 Å². The number of carbonyl (C=O) groups is 4. The molecular formula is C24H28N4O5. The minimum Gasteiger partial charge on any atom is -0.466 e. The van der Waals surface area contributed by atoms with Crippen molar-refractivity contribution >= 4 is 29.4 Å². The standard InChI is InChI=1S/C24H28N4O5/c1-3-33-24(32)19-9-6-12-28(15-19)21(29)16-27(2)23(31)17-7-4-10-20(13-17)26-22(30)18-8-5-11-25-14-18/h4-5,7-8,10-11,13-14,19H,3,6,9,12,15-16H2,1-2H3,(H,26,30). The fourth-order valence-electron chi connectivity index (χ4n) is 3.68. The molecular weight excluding hydrogens is 424 g/mol. The van der Waals surface area contributed by atoms with E-state index in [1.807, 2.05) is 0 Å². The Hall–Kier alpha value is -3.75. The molecule has 3 amide bonds. The summed E-state index contributed by atoms with van der Waals surface area (Å²) < 4.78 is 5.08. The van der Waals surface area contributed by atoms with Gasteiger partial charge in [0.15, 0.2) is 0 Å². The van der Waals surface area contributed by atoms with E-state index in [1.165, 1.54) is 11.1 Å². The fourth-order valence-corrected chi connectivity index (χ4v) is 3.68. The number of esters is 1. The molecule has 0 saturated carbocycles. The van der Waals surface area contributed by atoms with E-state index in [9.17, 15) is 19.2 Å². The fraction of sp³-hybridized carbons (Fsp3) is 0.375. The number of likely N-dealkylation sites (N-methyl/N-ethyl adjacent to an activating group) is 1. The number of piperidine rings is 1. The molecule has 2 aromatic rings. The van der Waals surface area contributed by atoms with Gasteiger partial charge in [0.25, 0.3) is 11.8 Å². The third-order valence-corrected chi connectivity index (χ3v) is 5.40. The first kappa shape index (κ1) is 23.9. The van der Waals surface area contributed by atoms with Gasteiger partial charge in [-0.1, -0.05) is 6.07 Å². The molecule has 9 heteroatoms. The number of nitrogens with zero attached hydrogens (tertiary/aromatic N) is 3. The summed E-state index contributed by atoms with van der Waals surface area (Å²) in [5.74, 6) is -1.52. The van der Waals surface area contributed by atoms with Gasteiger partial charge in [0, 0.05) is 43.8 Å². The monoisotopic (exact) mass is 452 g/mol. The maximum absolute atomic E-state index is 12.9. The molecule has 1 aromatic heterocycles. The maximum Gasteiger partial charge on any atom is 0.310 e. The van der Waals surface area contributed by atoms with E-state index in [2.05, 4.69) is 10.3 Å². The van der Waals surface area contributed by atoms with E-state index in [0.29, 0.717) is 49.4 Å². The summed E-state index contributed by atoms with van der Waals surface area (Å²) in [5, 5.41) is 2.74. The highest BCUT2D eigenvalue weighted by molar-refractivity contribution is 6.05. The largest absolute Gasteiger partial charge is 0.466 e. The van der Waals surface area contributed by atoms with Crippen molar-refractivity contribution in [3.8, 4) is 0 Å². The maximum atomic E-state index is 12.9. The van der Waals surface area contributed by atoms with Crippen molar-refractivity contribution in [1.29, 1.82) is 0 Å². The second kappa shape index (κ2) is 11.2. The van der Waals surface area contributed by atoms with Crippen LogP contribution in [-0.4, -0.2) is 71.8 Å². The highest BCUT2D eigenvalue weighted by atomic mass is 16.5. The summed E-state index contributed by atoms with van der Waals surface area (Å²) in [6.07, 6.45) is 4.44. The number of hydrogen-bond donors (Lipinski definition) is 1. The van der Waals surface area contributed by atoms with Gasteiger partial charge in [0.1, 0.15) is 0 Å². The van der Waals surface area contributed by atoms with Crippen LogP contribution in [-0.2, 0) is 14.3 Å². The molecule has 9 nitrogen and oxygen atoms in total. The van der Waals surface area contributed by atoms with E-state index in [4.69, 9.17) is 4.74 Å². The van der Waals surface area contributed by atoms with Crippen molar-refractivity contribution in [3.05, 3.63) is 59.9 Å². The number of ether oxygens (including phenoxy) is 1. The van der Waals surface area contributed by atoms with E-state index in [0.717, 1.165) is 0 Å². The Bertz CT molecular complexity index is 1010. The highest BCUT2D eigenvalue weighted by Gasteiger charge is 2.30. The van der Waals surface area contributed by atoms with Crippen molar-refractivity contribution in [2.75, 3.05) is 38.6 Å². The van der Waals surface area contributed by atoms with Crippen molar-refractivity contribution in [2.24, 2.45) is 5.92 Å². The molecule has 1 unspecified atom stereocenters. The number of hydrogen-bond acceptors (Lipinski definition) is 6. The molecule has 1 aliphatic heterocycles. The number of pyridine rings is 1. The normalized spacial score (nSPS) is 15.5. The molecule has 1 aliphatic rings. The summed E-state index contributed by atoms with van der Waals surface area (Å²) in [7, 11) is 1.55. The molecule has 0 bridgehead atoms. The van der Waals surface area contributed by atoms with Crippen molar-refractivity contribution in [2.45, 2.75) is 19.8 Å². The summed E-state index contributed by atoms with van der Waals surface area (Å²) >= 11 is 0. The van der Waals surface area contributed by atoms with E-state index in [-0.39, 0.29) is 36.2 Å². The molecule has 1 saturated heterocycles. The first-order valence-corrected chi connectivity index (χ1v) is 10.9. The lowest BCUT2D eigenvalue weighted by atomic mass is 9.98. The lowest BCUT2D eigenvalue weighted by Gasteiger charge is -2.32. The molecule has 0 radical (unpaired) electrons. The lowest BCUT2D eigenvalue weighted by molar-refractivity contribution is -0.151. The number of amides is 3. The van der Waals surface area contributed by atoms with Crippen LogP contribution in [0.3, 0.4) is 0 Å². The van der Waals surface area contributed by atoms with Gasteiger partial charge >= 0.3 is 5.97 Å². The van der Waals surface area contributed by atoms with Gasteiger partial charge in [0.05, 0.1) is 24.6 Å². The molecule has 1 aromatic carbocycles. The number of aromatic nitrogens is 1. The third kappa shape index (κ3) is 6.38. The van der Waals surface area contributed by atoms with Gasteiger partial charge in [-0.3, -0.25) is 24.2 Å². The van der Waals surface area contributed by atoms with Gasteiger partial charge in [0.2, 0.25) is 5.91 Å². The zero-order valence-electron chi connectivity index (χ0n) is 18.8. The lowest BCUT2D eigenvalue weighted by Crippen LogP contribution is -2.47. The number of benzene rings is 1. The molecule has 33 heavy (non-hydrogen) atoms. The van der Waals surface area contributed by atoms with E-state index < -0.39 is 0 Å². The van der Waals surface area contributed by atoms with Gasteiger partial charge in [-0.2, -0.15) is 0 Å². The molecule has 1 atom stereocenters. The Morgan fingerprint density at radius 3 is 2.70 bits per heavy atom. The Kier molecular flexibility index (Phi) is 8.12. The summed E-state index contributed by atoms with van der Waals surface area (Å²) in [4.78, 5) is 56.9. The predicted molar refractivity (Wildman–Crippen MR) is 122 cm³/mol. The third-order valence-electron chi connectivity index (χ3n) is 5.40. The van der Waals surface area contributed by atoms with Gasteiger partial charge in [-0.15, -0.1) is 0 Å². The number of likely N-dealkylation sites (tertiary alicyclic amines) is 1. The van der Waals surface area contributed by atoms with E-state index >= 15 is 0 Å².